The Balaban J connectivity index is 1.48. The number of benzene rings is 2. The minimum absolute atomic E-state index is 0.0487. The first-order chi connectivity index (χ1) is 12.2. The number of anilines is 1. The summed E-state index contributed by atoms with van der Waals surface area (Å²) >= 11 is 0. The first-order valence-corrected chi connectivity index (χ1v) is 8.77. The van der Waals surface area contributed by atoms with Crippen molar-refractivity contribution >= 4 is 22.6 Å². The summed E-state index contributed by atoms with van der Waals surface area (Å²) in [7, 11) is 0. The molecule has 1 heterocycles. The van der Waals surface area contributed by atoms with Crippen LogP contribution in [-0.4, -0.2) is 12.5 Å². The third kappa shape index (κ3) is 3.25. The van der Waals surface area contributed by atoms with Gasteiger partial charge in [-0.1, -0.05) is 0 Å². The van der Waals surface area contributed by atoms with Crippen molar-refractivity contribution in [2.45, 2.75) is 32.6 Å². The fourth-order valence-electron chi connectivity index (χ4n) is 3.46. The lowest BCUT2D eigenvalue weighted by atomic mass is 10.0. The van der Waals surface area contributed by atoms with Crippen molar-refractivity contribution in [1.82, 2.24) is 0 Å². The van der Waals surface area contributed by atoms with Gasteiger partial charge in [0.05, 0.1) is 19.3 Å². The predicted molar refractivity (Wildman–Crippen MR) is 98.2 cm³/mol. The minimum Gasteiger partial charge on any atom is -0.494 e. The summed E-state index contributed by atoms with van der Waals surface area (Å²) in [5.74, 6) is 0.752. The van der Waals surface area contributed by atoms with E-state index in [0.29, 0.717) is 13.0 Å². The molecular formula is C21H21NO3. The van der Waals surface area contributed by atoms with Gasteiger partial charge in [-0.05, 0) is 73.7 Å². The second-order valence-electron chi connectivity index (χ2n) is 6.41. The zero-order valence-electron chi connectivity index (χ0n) is 14.3. The highest BCUT2D eigenvalue weighted by Gasteiger charge is 2.16. The van der Waals surface area contributed by atoms with Gasteiger partial charge < -0.3 is 14.5 Å². The fraction of sp³-hybridized carbons (Fsp3) is 0.286. The third-order valence-electron chi connectivity index (χ3n) is 4.67. The van der Waals surface area contributed by atoms with Gasteiger partial charge in [0.2, 0.25) is 5.91 Å². The highest BCUT2D eigenvalue weighted by molar-refractivity contribution is 5.95. The monoisotopic (exact) mass is 335 g/mol. The Bertz CT molecular complexity index is 909. The maximum absolute atomic E-state index is 12.4. The van der Waals surface area contributed by atoms with Crippen molar-refractivity contribution < 1.29 is 13.9 Å². The number of aryl methyl sites for hydroxylation is 2. The molecule has 0 atom stereocenters. The average molecular weight is 335 g/mol. The van der Waals surface area contributed by atoms with E-state index < -0.39 is 0 Å². The number of hydrogen-bond acceptors (Lipinski definition) is 3. The Morgan fingerprint density at radius 2 is 1.92 bits per heavy atom. The summed E-state index contributed by atoms with van der Waals surface area (Å²) in [5, 5.41) is 3.99. The zero-order valence-corrected chi connectivity index (χ0v) is 14.3. The van der Waals surface area contributed by atoms with E-state index in [9.17, 15) is 4.79 Å². The summed E-state index contributed by atoms with van der Waals surface area (Å²) in [5.41, 5.74) is 5.36. The van der Waals surface area contributed by atoms with Crippen molar-refractivity contribution in [2.75, 3.05) is 11.9 Å². The summed E-state index contributed by atoms with van der Waals surface area (Å²) in [6.07, 6.45) is 5.46. The van der Waals surface area contributed by atoms with Crippen molar-refractivity contribution in [3.8, 4) is 5.75 Å². The molecule has 1 amide bonds. The molecule has 0 saturated heterocycles. The van der Waals surface area contributed by atoms with E-state index in [4.69, 9.17) is 9.15 Å². The summed E-state index contributed by atoms with van der Waals surface area (Å²) in [6, 6.07) is 11.7. The van der Waals surface area contributed by atoms with Gasteiger partial charge in [0.25, 0.3) is 0 Å². The molecule has 2 aromatic carbocycles. The van der Waals surface area contributed by atoms with E-state index in [1.165, 1.54) is 17.5 Å². The van der Waals surface area contributed by atoms with Crippen LogP contribution in [-0.2, 0) is 24.1 Å². The number of amides is 1. The molecule has 128 valence electrons. The van der Waals surface area contributed by atoms with Gasteiger partial charge in [-0.25, -0.2) is 0 Å². The van der Waals surface area contributed by atoms with Gasteiger partial charge in [-0.2, -0.15) is 0 Å². The van der Waals surface area contributed by atoms with E-state index in [-0.39, 0.29) is 5.91 Å². The average Bonchev–Trinajstić information content (AvgIpc) is 3.21. The van der Waals surface area contributed by atoms with Gasteiger partial charge >= 0.3 is 0 Å². The molecule has 1 aliphatic rings. The molecule has 25 heavy (non-hydrogen) atoms. The Morgan fingerprint density at radius 3 is 2.68 bits per heavy atom. The highest BCUT2D eigenvalue weighted by Crippen LogP contribution is 2.30. The standard InChI is InChI=1S/C21H21NO3/c1-2-24-18-8-6-17(7-9-18)22-21(23)12-16-13-25-20-11-15-5-3-4-14(15)10-19(16)20/h6-11,13H,2-5,12H2,1H3,(H,22,23). The van der Waals surface area contributed by atoms with Gasteiger partial charge in [0.1, 0.15) is 11.3 Å². The largest absolute Gasteiger partial charge is 0.494 e. The quantitative estimate of drug-likeness (QED) is 0.747. The molecule has 0 spiro atoms. The van der Waals surface area contributed by atoms with Crippen molar-refractivity contribution in [3.05, 3.63) is 59.4 Å². The number of carbonyl (C=O) groups is 1. The number of furan rings is 1. The van der Waals surface area contributed by atoms with Crippen LogP contribution in [0.5, 0.6) is 5.75 Å². The first-order valence-electron chi connectivity index (χ1n) is 8.77. The molecule has 4 heteroatoms. The van der Waals surface area contributed by atoms with Crippen LogP contribution in [0, 0.1) is 0 Å². The number of hydrogen-bond donors (Lipinski definition) is 1. The van der Waals surface area contributed by atoms with Gasteiger partial charge in [0, 0.05) is 16.6 Å². The molecule has 1 aromatic heterocycles. The van der Waals surface area contributed by atoms with Crippen LogP contribution in [0.15, 0.2) is 47.1 Å². The summed E-state index contributed by atoms with van der Waals surface area (Å²) < 4.78 is 11.1. The number of ether oxygens (including phenoxy) is 1. The molecule has 1 aliphatic carbocycles. The Morgan fingerprint density at radius 1 is 1.16 bits per heavy atom. The van der Waals surface area contributed by atoms with E-state index in [2.05, 4.69) is 17.4 Å². The van der Waals surface area contributed by atoms with Crippen LogP contribution >= 0.6 is 0 Å². The van der Waals surface area contributed by atoms with Gasteiger partial charge in [0.15, 0.2) is 0 Å². The Kier molecular flexibility index (Phi) is 4.18. The summed E-state index contributed by atoms with van der Waals surface area (Å²) in [4.78, 5) is 12.4. The van der Waals surface area contributed by atoms with E-state index in [1.54, 1.807) is 6.26 Å². The lowest BCUT2D eigenvalue weighted by Crippen LogP contribution is -2.14. The number of nitrogens with one attached hydrogen (secondary N) is 1. The van der Waals surface area contributed by atoms with Gasteiger partial charge in [-0.3, -0.25) is 4.79 Å². The third-order valence-corrected chi connectivity index (χ3v) is 4.67. The van der Waals surface area contributed by atoms with Crippen LogP contribution in [0.4, 0.5) is 5.69 Å². The molecule has 0 unspecified atom stereocenters. The number of rotatable bonds is 5. The molecule has 4 rings (SSSR count). The molecule has 0 aliphatic heterocycles. The molecule has 0 radical (unpaired) electrons. The van der Waals surface area contributed by atoms with Gasteiger partial charge in [-0.15, -0.1) is 0 Å². The Labute approximate surface area is 146 Å². The molecule has 1 N–H and O–H groups in total. The first kappa shape index (κ1) is 15.8. The van der Waals surface area contributed by atoms with Crippen molar-refractivity contribution in [2.24, 2.45) is 0 Å². The zero-order chi connectivity index (χ0) is 17.2. The Hall–Kier alpha value is -2.75. The van der Waals surface area contributed by atoms with Crippen LogP contribution in [0.25, 0.3) is 11.0 Å². The maximum Gasteiger partial charge on any atom is 0.228 e. The lowest BCUT2D eigenvalue weighted by Gasteiger charge is -2.07. The molecule has 0 fully saturated rings. The molecule has 0 bridgehead atoms. The van der Waals surface area contributed by atoms with Crippen LogP contribution in [0.2, 0.25) is 0 Å². The maximum atomic E-state index is 12.4. The SMILES string of the molecule is CCOc1ccc(NC(=O)Cc2coc3cc4c(cc23)CCC4)cc1. The van der Waals surface area contributed by atoms with E-state index >= 15 is 0 Å². The summed E-state index contributed by atoms with van der Waals surface area (Å²) in [6.45, 7) is 2.57. The van der Waals surface area contributed by atoms with E-state index in [1.807, 2.05) is 31.2 Å². The highest BCUT2D eigenvalue weighted by atomic mass is 16.5. The topological polar surface area (TPSA) is 51.5 Å². The minimum atomic E-state index is -0.0487. The normalized spacial score (nSPS) is 13.0. The van der Waals surface area contributed by atoms with Crippen LogP contribution < -0.4 is 10.1 Å². The van der Waals surface area contributed by atoms with Crippen molar-refractivity contribution in [1.29, 1.82) is 0 Å². The molecule has 3 aromatic rings. The second-order valence-corrected chi connectivity index (χ2v) is 6.41. The molecular weight excluding hydrogens is 314 g/mol. The smallest absolute Gasteiger partial charge is 0.228 e. The molecule has 0 saturated carbocycles. The van der Waals surface area contributed by atoms with E-state index in [0.717, 1.165) is 40.8 Å². The molecule has 4 nitrogen and oxygen atoms in total. The number of carbonyl (C=O) groups excluding carboxylic acids is 1. The predicted octanol–water partition coefficient (Wildman–Crippen LogP) is 4.50. The second kappa shape index (κ2) is 6.63. The lowest BCUT2D eigenvalue weighted by molar-refractivity contribution is -0.115. The number of fused-ring (bicyclic) bond motifs is 2. The fourth-order valence-corrected chi connectivity index (χ4v) is 3.46. The van der Waals surface area contributed by atoms with Crippen molar-refractivity contribution in [3.63, 3.8) is 0 Å². The van der Waals surface area contributed by atoms with Crippen LogP contribution in [0.1, 0.15) is 30.0 Å². The van der Waals surface area contributed by atoms with Crippen LogP contribution in [0.3, 0.4) is 0 Å².